The summed E-state index contributed by atoms with van der Waals surface area (Å²) in [5.74, 6) is -8.04. The highest BCUT2D eigenvalue weighted by molar-refractivity contribution is 5.91. The van der Waals surface area contributed by atoms with Crippen molar-refractivity contribution in [2.24, 2.45) is 5.92 Å². The number of carboxylic acids is 2. The van der Waals surface area contributed by atoms with E-state index in [1.807, 2.05) is 0 Å². The number of carboxylic acid groups (broad SMARTS) is 2. The number of esters is 2. The Morgan fingerprint density at radius 2 is 1.77 bits per heavy atom. The fraction of sp³-hybridized carbons (Fsp3) is 0.250. The van der Waals surface area contributed by atoms with E-state index in [0.29, 0.717) is 5.56 Å². The second-order valence-electron chi connectivity index (χ2n) is 5.00. The predicted molar refractivity (Wildman–Crippen MR) is 84.1 cm³/mol. The molecule has 1 aromatic rings. The van der Waals surface area contributed by atoms with Gasteiger partial charge in [-0.05, 0) is 23.8 Å². The van der Waals surface area contributed by atoms with Gasteiger partial charge in [-0.3, -0.25) is 9.59 Å². The van der Waals surface area contributed by atoms with Crippen LogP contribution in [0.1, 0.15) is 12.0 Å². The Morgan fingerprint density at radius 1 is 1.12 bits per heavy atom. The molecule has 0 aromatic heterocycles. The first-order chi connectivity index (χ1) is 12.1. The van der Waals surface area contributed by atoms with Crippen LogP contribution in [-0.4, -0.2) is 57.5 Å². The van der Waals surface area contributed by atoms with Crippen LogP contribution in [0.3, 0.4) is 0 Å². The lowest BCUT2D eigenvalue weighted by Gasteiger charge is -2.20. The van der Waals surface area contributed by atoms with Gasteiger partial charge in [0.2, 0.25) is 6.10 Å². The van der Waals surface area contributed by atoms with Gasteiger partial charge in [0, 0.05) is 6.08 Å². The number of methoxy groups -OCH3 is 1. The van der Waals surface area contributed by atoms with Gasteiger partial charge < -0.3 is 29.9 Å². The maximum Gasteiger partial charge on any atom is 0.345 e. The molecular formula is C16H16O10. The minimum Gasteiger partial charge on any atom is -0.504 e. The van der Waals surface area contributed by atoms with Crippen LogP contribution in [0.25, 0.3) is 6.08 Å². The third-order valence-corrected chi connectivity index (χ3v) is 3.16. The fourth-order valence-electron chi connectivity index (χ4n) is 1.93. The molecule has 4 N–H and O–H groups in total. The molecule has 1 rings (SSSR count). The third-order valence-electron chi connectivity index (χ3n) is 3.16. The monoisotopic (exact) mass is 368 g/mol. The first kappa shape index (κ1) is 20.5. The summed E-state index contributed by atoms with van der Waals surface area (Å²) in [5.41, 5.74) is 0.291. The van der Waals surface area contributed by atoms with Crippen molar-refractivity contribution >= 4 is 30.0 Å². The minimum atomic E-state index is -2.07. The maximum absolute atomic E-state index is 11.8. The van der Waals surface area contributed by atoms with Crippen LogP contribution in [0, 0.1) is 5.92 Å². The van der Waals surface area contributed by atoms with Gasteiger partial charge in [0.05, 0.1) is 13.5 Å². The number of carbonyl (C=O) groups is 4. The van der Waals surface area contributed by atoms with E-state index in [2.05, 4.69) is 9.47 Å². The average Bonchev–Trinajstić information content (AvgIpc) is 2.57. The summed E-state index contributed by atoms with van der Waals surface area (Å²) in [5, 5.41) is 36.5. The number of benzene rings is 1. The standard InChI is InChI=1S/C16H16O10/c1-25-16(24)9(7-12(19)20)14(15(22)23)26-13(21)5-3-8-2-4-10(17)11(18)6-8/h2-6,9,14,17-18H,7H2,1H3,(H,19,20)(H,22,23)/b5-3+. The largest absolute Gasteiger partial charge is 0.504 e. The molecule has 26 heavy (non-hydrogen) atoms. The lowest BCUT2D eigenvalue weighted by Crippen LogP contribution is -2.40. The van der Waals surface area contributed by atoms with Gasteiger partial charge in [-0.1, -0.05) is 6.07 Å². The summed E-state index contributed by atoms with van der Waals surface area (Å²) < 4.78 is 9.03. The van der Waals surface area contributed by atoms with Gasteiger partial charge in [0.25, 0.3) is 0 Å². The van der Waals surface area contributed by atoms with E-state index in [4.69, 9.17) is 10.2 Å². The van der Waals surface area contributed by atoms with E-state index in [-0.39, 0.29) is 5.75 Å². The lowest BCUT2D eigenvalue weighted by atomic mass is 9.98. The van der Waals surface area contributed by atoms with Crippen molar-refractivity contribution < 1.29 is 49.1 Å². The number of ether oxygens (including phenoxy) is 2. The number of hydrogen-bond donors (Lipinski definition) is 4. The summed E-state index contributed by atoms with van der Waals surface area (Å²) in [6.45, 7) is 0. The molecule has 140 valence electrons. The van der Waals surface area contributed by atoms with Crippen LogP contribution in [0.2, 0.25) is 0 Å². The van der Waals surface area contributed by atoms with Crippen LogP contribution < -0.4 is 0 Å². The van der Waals surface area contributed by atoms with Gasteiger partial charge in [0.1, 0.15) is 5.92 Å². The molecule has 0 saturated heterocycles. The van der Waals surface area contributed by atoms with E-state index < -0.39 is 48.1 Å². The van der Waals surface area contributed by atoms with Gasteiger partial charge in [-0.15, -0.1) is 0 Å². The van der Waals surface area contributed by atoms with E-state index in [9.17, 15) is 29.4 Å². The maximum atomic E-state index is 11.8. The second kappa shape index (κ2) is 9.06. The van der Waals surface area contributed by atoms with E-state index in [1.165, 1.54) is 12.1 Å². The Balaban J connectivity index is 2.93. The molecule has 0 amide bonds. The summed E-state index contributed by atoms with van der Waals surface area (Å²) >= 11 is 0. The minimum absolute atomic E-state index is 0.291. The Morgan fingerprint density at radius 3 is 2.27 bits per heavy atom. The van der Waals surface area contributed by atoms with Crippen LogP contribution in [0.15, 0.2) is 24.3 Å². The Kier molecular flexibility index (Phi) is 7.14. The molecule has 2 unspecified atom stereocenters. The predicted octanol–water partition coefficient (Wildman–Crippen LogP) is 0.371. The molecule has 10 heteroatoms. The molecule has 0 heterocycles. The van der Waals surface area contributed by atoms with Gasteiger partial charge >= 0.3 is 23.9 Å². The Hall–Kier alpha value is -3.56. The number of carbonyl (C=O) groups excluding carboxylic acids is 2. The fourth-order valence-corrected chi connectivity index (χ4v) is 1.93. The van der Waals surface area contributed by atoms with Crippen molar-refractivity contribution in [3.05, 3.63) is 29.8 Å². The Labute approximate surface area is 146 Å². The lowest BCUT2D eigenvalue weighted by molar-refractivity contribution is -0.173. The summed E-state index contributed by atoms with van der Waals surface area (Å²) in [6.07, 6.45) is -1.00. The first-order valence-corrected chi connectivity index (χ1v) is 7.08. The van der Waals surface area contributed by atoms with Crippen molar-refractivity contribution in [2.45, 2.75) is 12.5 Å². The molecule has 0 aliphatic carbocycles. The Bertz CT molecular complexity index is 737. The van der Waals surface area contributed by atoms with Gasteiger partial charge in [-0.25, -0.2) is 9.59 Å². The molecule has 0 aliphatic heterocycles. The summed E-state index contributed by atoms with van der Waals surface area (Å²) in [7, 11) is 0.940. The average molecular weight is 368 g/mol. The molecule has 1 aromatic carbocycles. The van der Waals surface area contributed by atoms with Crippen molar-refractivity contribution in [3.63, 3.8) is 0 Å². The second-order valence-corrected chi connectivity index (χ2v) is 5.00. The van der Waals surface area contributed by atoms with Crippen molar-refractivity contribution in [3.8, 4) is 11.5 Å². The van der Waals surface area contributed by atoms with E-state index >= 15 is 0 Å². The van der Waals surface area contributed by atoms with Crippen molar-refractivity contribution in [1.82, 2.24) is 0 Å². The molecule has 0 spiro atoms. The highest BCUT2D eigenvalue weighted by atomic mass is 16.6. The molecule has 0 fully saturated rings. The SMILES string of the molecule is COC(=O)C(CC(=O)O)C(OC(=O)/C=C/c1ccc(O)c(O)c1)C(=O)O. The smallest absolute Gasteiger partial charge is 0.345 e. The number of rotatable bonds is 8. The van der Waals surface area contributed by atoms with E-state index in [0.717, 1.165) is 25.3 Å². The number of phenolic OH excluding ortho intramolecular Hbond substituents is 2. The van der Waals surface area contributed by atoms with Crippen LogP contribution in [-0.2, 0) is 28.7 Å². The van der Waals surface area contributed by atoms with Crippen molar-refractivity contribution in [1.29, 1.82) is 0 Å². The normalized spacial score (nSPS) is 13.0. The number of aliphatic carboxylic acids is 2. The number of phenols is 2. The number of aromatic hydroxyl groups is 2. The highest BCUT2D eigenvalue weighted by Gasteiger charge is 2.39. The molecule has 0 aliphatic rings. The van der Waals surface area contributed by atoms with Gasteiger partial charge in [-0.2, -0.15) is 0 Å². The topological polar surface area (TPSA) is 168 Å². The summed E-state index contributed by atoms with van der Waals surface area (Å²) in [6, 6.07) is 3.66. The first-order valence-electron chi connectivity index (χ1n) is 7.08. The number of hydrogen-bond acceptors (Lipinski definition) is 8. The molecule has 0 radical (unpaired) electrons. The third kappa shape index (κ3) is 5.82. The molecule has 0 bridgehead atoms. The quantitative estimate of drug-likeness (QED) is 0.286. The van der Waals surface area contributed by atoms with Crippen LogP contribution in [0.4, 0.5) is 0 Å². The molecule has 2 atom stereocenters. The zero-order valence-electron chi connectivity index (χ0n) is 13.5. The van der Waals surface area contributed by atoms with Gasteiger partial charge in [0.15, 0.2) is 11.5 Å². The molecule has 0 saturated carbocycles. The summed E-state index contributed by atoms with van der Waals surface area (Å²) in [4.78, 5) is 45.5. The molecular weight excluding hydrogens is 352 g/mol. The molecule has 10 nitrogen and oxygen atoms in total. The van der Waals surface area contributed by atoms with E-state index in [1.54, 1.807) is 0 Å². The highest BCUT2D eigenvalue weighted by Crippen LogP contribution is 2.25. The zero-order valence-corrected chi connectivity index (χ0v) is 13.5. The zero-order chi connectivity index (χ0) is 19.9. The van der Waals surface area contributed by atoms with Crippen LogP contribution >= 0.6 is 0 Å². The van der Waals surface area contributed by atoms with Crippen molar-refractivity contribution in [2.75, 3.05) is 7.11 Å². The van der Waals surface area contributed by atoms with Crippen LogP contribution in [0.5, 0.6) is 11.5 Å².